The van der Waals surface area contributed by atoms with Gasteiger partial charge in [0.05, 0.1) is 10.6 Å². The Morgan fingerprint density at radius 3 is 2.50 bits per heavy atom. The minimum atomic E-state index is -4.83. The molecule has 6 nitrogen and oxygen atoms in total. The molecule has 1 aliphatic rings. The number of alkyl halides is 3. The Morgan fingerprint density at radius 1 is 1.38 bits per heavy atom. The summed E-state index contributed by atoms with van der Waals surface area (Å²) in [5, 5.41) is 3.23. The normalized spacial score (nSPS) is 16.1. The monoisotopic (exact) mass is 364 g/mol. The molecular weight excluding hydrogens is 349 g/mol. The molecule has 0 spiro atoms. The molecule has 3 N–H and O–H groups in total. The van der Waals surface area contributed by atoms with Crippen LogP contribution in [0, 0.1) is 5.92 Å². The van der Waals surface area contributed by atoms with Crippen molar-refractivity contribution in [2.75, 3.05) is 25.0 Å². The fourth-order valence-electron chi connectivity index (χ4n) is 2.46. The van der Waals surface area contributed by atoms with E-state index in [0.29, 0.717) is 25.2 Å². The molecule has 0 bridgehead atoms. The van der Waals surface area contributed by atoms with Gasteiger partial charge >= 0.3 is 12.1 Å². The van der Waals surface area contributed by atoms with Gasteiger partial charge < -0.3 is 16.0 Å². The van der Waals surface area contributed by atoms with Gasteiger partial charge in [-0.1, -0.05) is 11.6 Å². The number of pyridine rings is 1. The fourth-order valence-corrected chi connectivity index (χ4v) is 2.70. The zero-order chi connectivity index (χ0) is 17.9. The van der Waals surface area contributed by atoms with E-state index in [2.05, 4.69) is 10.3 Å². The van der Waals surface area contributed by atoms with Gasteiger partial charge in [0.25, 0.3) is 0 Å². The summed E-state index contributed by atoms with van der Waals surface area (Å²) in [6, 6.07) is 1.39. The minimum absolute atomic E-state index is 0.0620. The maximum absolute atomic E-state index is 12.4. The highest BCUT2D eigenvalue weighted by Crippen LogP contribution is 2.25. The molecule has 24 heavy (non-hydrogen) atoms. The second kappa shape index (κ2) is 7.25. The molecule has 2 heterocycles. The third-order valence-electron chi connectivity index (χ3n) is 3.83. The number of likely N-dealkylation sites (tertiary alicyclic amines) is 1. The molecule has 1 saturated heterocycles. The van der Waals surface area contributed by atoms with Crippen LogP contribution >= 0.6 is 11.6 Å². The standard InChI is InChI=1S/C14H16ClF3N4O2/c15-10-5-9(11(19)23)7-21-12(10)20-6-8-1-3-22(4-2-8)13(24)14(16,17)18/h5,7-8H,1-4,6H2,(H2,19,23)(H,20,21). The number of primary amides is 1. The van der Waals surface area contributed by atoms with Gasteiger partial charge in [0.2, 0.25) is 5.91 Å². The molecule has 0 aliphatic carbocycles. The van der Waals surface area contributed by atoms with E-state index in [4.69, 9.17) is 17.3 Å². The minimum Gasteiger partial charge on any atom is -0.369 e. The van der Waals surface area contributed by atoms with Gasteiger partial charge in [-0.05, 0) is 24.8 Å². The summed E-state index contributed by atoms with van der Waals surface area (Å²) in [5.41, 5.74) is 5.31. The number of anilines is 1. The predicted octanol–water partition coefficient (Wildman–Crippen LogP) is 2.05. The predicted molar refractivity (Wildman–Crippen MR) is 81.6 cm³/mol. The van der Waals surface area contributed by atoms with Gasteiger partial charge in [-0.2, -0.15) is 13.2 Å². The van der Waals surface area contributed by atoms with Crippen molar-refractivity contribution in [1.82, 2.24) is 9.88 Å². The van der Waals surface area contributed by atoms with E-state index >= 15 is 0 Å². The molecular formula is C14H16ClF3N4O2. The summed E-state index contributed by atoms with van der Waals surface area (Å²) >= 11 is 6.00. The first kappa shape index (κ1) is 18.3. The Labute approximate surface area is 141 Å². The van der Waals surface area contributed by atoms with E-state index in [-0.39, 0.29) is 29.6 Å². The van der Waals surface area contributed by atoms with Gasteiger partial charge in [-0.25, -0.2) is 4.98 Å². The molecule has 1 aromatic rings. The van der Waals surface area contributed by atoms with Crippen LogP contribution in [0.2, 0.25) is 5.02 Å². The van der Waals surface area contributed by atoms with E-state index in [0.717, 1.165) is 4.90 Å². The smallest absolute Gasteiger partial charge is 0.369 e. The second-order valence-electron chi connectivity index (χ2n) is 5.53. The third kappa shape index (κ3) is 4.50. The number of carbonyl (C=O) groups excluding carboxylic acids is 2. The summed E-state index contributed by atoms with van der Waals surface area (Å²) in [6.45, 7) is 0.579. The van der Waals surface area contributed by atoms with Crippen LogP contribution < -0.4 is 11.1 Å². The number of halogens is 4. The second-order valence-corrected chi connectivity index (χ2v) is 5.94. The SMILES string of the molecule is NC(=O)c1cnc(NCC2CCN(C(=O)C(F)(F)F)CC2)c(Cl)c1. The highest BCUT2D eigenvalue weighted by Gasteiger charge is 2.43. The van der Waals surface area contributed by atoms with Gasteiger partial charge in [0.1, 0.15) is 5.82 Å². The maximum Gasteiger partial charge on any atom is 0.471 e. The van der Waals surface area contributed by atoms with Crippen molar-refractivity contribution in [3.05, 3.63) is 22.8 Å². The van der Waals surface area contributed by atoms with Gasteiger partial charge in [-0.3, -0.25) is 9.59 Å². The zero-order valence-electron chi connectivity index (χ0n) is 12.6. The number of nitrogens with one attached hydrogen (secondary N) is 1. The van der Waals surface area contributed by atoms with Crippen LogP contribution in [0.4, 0.5) is 19.0 Å². The molecule has 0 unspecified atom stereocenters. The zero-order valence-corrected chi connectivity index (χ0v) is 13.3. The third-order valence-corrected chi connectivity index (χ3v) is 4.12. The molecule has 1 fully saturated rings. The number of piperidine rings is 1. The number of nitrogens with two attached hydrogens (primary N) is 1. The maximum atomic E-state index is 12.4. The van der Waals surface area contributed by atoms with Crippen LogP contribution in [0.15, 0.2) is 12.3 Å². The lowest BCUT2D eigenvalue weighted by molar-refractivity contribution is -0.186. The molecule has 1 aliphatic heterocycles. The van der Waals surface area contributed by atoms with Crippen LogP contribution in [0.1, 0.15) is 23.2 Å². The number of aromatic nitrogens is 1. The van der Waals surface area contributed by atoms with Crippen molar-refractivity contribution in [3.8, 4) is 0 Å². The highest BCUT2D eigenvalue weighted by molar-refractivity contribution is 6.33. The number of hydrogen-bond donors (Lipinski definition) is 2. The number of rotatable bonds is 4. The molecule has 2 rings (SSSR count). The van der Waals surface area contributed by atoms with Crippen LogP contribution in [-0.2, 0) is 4.79 Å². The largest absolute Gasteiger partial charge is 0.471 e. The van der Waals surface area contributed by atoms with Crippen molar-refractivity contribution in [2.45, 2.75) is 19.0 Å². The molecule has 0 atom stereocenters. The summed E-state index contributed by atoms with van der Waals surface area (Å²) in [5.74, 6) is -1.97. The summed E-state index contributed by atoms with van der Waals surface area (Å²) in [7, 11) is 0. The molecule has 0 saturated carbocycles. The van der Waals surface area contributed by atoms with Crippen molar-refractivity contribution in [2.24, 2.45) is 11.7 Å². The number of carbonyl (C=O) groups is 2. The number of nitrogens with zero attached hydrogens (tertiary/aromatic N) is 2. The molecule has 2 amide bonds. The topological polar surface area (TPSA) is 88.3 Å². The average molecular weight is 365 g/mol. The lowest BCUT2D eigenvalue weighted by atomic mass is 9.96. The van der Waals surface area contributed by atoms with E-state index < -0.39 is 18.0 Å². The van der Waals surface area contributed by atoms with Crippen molar-refractivity contribution >= 4 is 29.2 Å². The Kier molecular flexibility index (Phi) is 5.53. The van der Waals surface area contributed by atoms with Crippen LogP contribution in [-0.4, -0.2) is 47.5 Å². The molecule has 1 aromatic heterocycles. The molecule has 0 aromatic carbocycles. The van der Waals surface area contributed by atoms with Crippen LogP contribution in [0.5, 0.6) is 0 Å². The van der Waals surface area contributed by atoms with E-state index in [9.17, 15) is 22.8 Å². The average Bonchev–Trinajstić information content (AvgIpc) is 2.52. The van der Waals surface area contributed by atoms with Crippen molar-refractivity contribution < 1.29 is 22.8 Å². The summed E-state index contributed by atoms with van der Waals surface area (Å²) in [4.78, 5) is 27.0. The number of hydrogen-bond acceptors (Lipinski definition) is 4. The molecule has 0 radical (unpaired) electrons. The van der Waals surface area contributed by atoms with E-state index in [1.54, 1.807) is 0 Å². The number of amides is 2. The molecule has 132 valence electrons. The first-order valence-corrected chi connectivity index (χ1v) is 7.61. The van der Waals surface area contributed by atoms with Crippen LogP contribution in [0.25, 0.3) is 0 Å². The quantitative estimate of drug-likeness (QED) is 0.855. The Balaban J connectivity index is 1.85. The van der Waals surface area contributed by atoms with E-state index in [1.807, 2.05) is 0 Å². The lowest BCUT2D eigenvalue weighted by Crippen LogP contribution is -2.46. The Hall–Kier alpha value is -2.03. The van der Waals surface area contributed by atoms with E-state index in [1.165, 1.54) is 12.3 Å². The van der Waals surface area contributed by atoms with Gasteiger partial charge in [0, 0.05) is 25.8 Å². The van der Waals surface area contributed by atoms with Crippen LogP contribution in [0.3, 0.4) is 0 Å². The summed E-state index contributed by atoms with van der Waals surface area (Å²) < 4.78 is 37.1. The first-order valence-electron chi connectivity index (χ1n) is 7.24. The van der Waals surface area contributed by atoms with Gasteiger partial charge in [0.15, 0.2) is 0 Å². The molecule has 10 heteroatoms. The van der Waals surface area contributed by atoms with Crippen molar-refractivity contribution in [1.29, 1.82) is 0 Å². The first-order chi connectivity index (χ1) is 11.2. The van der Waals surface area contributed by atoms with Gasteiger partial charge in [-0.15, -0.1) is 0 Å². The summed E-state index contributed by atoms with van der Waals surface area (Å²) in [6.07, 6.45) is -2.64. The lowest BCUT2D eigenvalue weighted by Gasteiger charge is -2.32. The highest BCUT2D eigenvalue weighted by atomic mass is 35.5. The van der Waals surface area contributed by atoms with Crippen molar-refractivity contribution in [3.63, 3.8) is 0 Å². The Bertz CT molecular complexity index is 631. The fraction of sp³-hybridized carbons (Fsp3) is 0.500. The Morgan fingerprint density at radius 2 is 2.00 bits per heavy atom.